The molecule has 0 aromatic heterocycles. The number of rotatable bonds is 6. The lowest BCUT2D eigenvalue weighted by Crippen LogP contribution is -2.42. The van der Waals surface area contributed by atoms with Gasteiger partial charge >= 0.3 is 0 Å². The molecule has 0 atom stereocenters. The highest BCUT2D eigenvalue weighted by molar-refractivity contribution is 5.26. The lowest BCUT2D eigenvalue weighted by Gasteiger charge is -2.41. The van der Waals surface area contributed by atoms with Gasteiger partial charge in [-0.05, 0) is 38.3 Å². The molecule has 1 saturated heterocycles. The van der Waals surface area contributed by atoms with Crippen LogP contribution < -0.4 is 4.74 Å². The van der Waals surface area contributed by atoms with Crippen LogP contribution in [0.3, 0.4) is 0 Å². The van der Waals surface area contributed by atoms with Crippen molar-refractivity contribution >= 4 is 0 Å². The van der Waals surface area contributed by atoms with Gasteiger partial charge in [-0.25, -0.2) is 0 Å². The molecule has 94 valence electrons. The van der Waals surface area contributed by atoms with Gasteiger partial charge in [0, 0.05) is 5.41 Å². The molecule has 0 radical (unpaired) electrons. The molecule has 0 bridgehead atoms. The van der Waals surface area contributed by atoms with Gasteiger partial charge in [-0.15, -0.1) is 0 Å². The van der Waals surface area contributed by atoms with E-state index in [1.54, 1.807) is 0 Å². The molecule has 2 nitrogen and oxygen atoms in total. The molecule has 1 aromatic rings. The van der Waals surface area contributed by atoms with Crippen molar-refractivity contribution in [1.82, 2.24) is 0 Å². The fraction of sp³-hybridized carbons (Fsp3) is 0.600. The SMILES string of the molecule is CCC1(CCCOc2ccc(C)cc2)COC1. The summed E-state index contributed by atoms with van der Waals surface area (Å²) in [6, 6.07) is 8.25. The second-order valence-electron chi connectivity index (χ2n) is 5.11. The Kier molecular flexibility index (Phi) is 4.06. The van der Waals surface area contributed by atoms with E-state index in [-0.39, 0.29) is 0 Å². The second-order valence-corrected chi connectivity index (χ2v) is 5.11. The summed E-state index contributed by atoms with van der Waals surface area (Å²) in [6.45, 7) is 7.03. The van der Waals surface area contributed by atoms with E-state index in [0.717, 1.165) is 32.0 Å². The van der Waals surface area contributed by atoms with Gasteiger partial charge in [0.25, 0.3) is 0 Å². The van der Waals surface area contributed by atoms with E-state index < -0.39 is 0 Å². The van der Waals surface area contributed by atoms with Crippen molar-refractivity contribution in [3.63, 3.8) is 0 Å². The number of hydrogen-bond donors (Lipinski definition) is 0. The van der Waals surface area contributed by atoms with Crippen LogP contribution in [0.15, 0.2) is 24.3 Å². The molecule has 0 aliphatic carbocycles. The zero-order chi connectivity index (χ0) is 12.1. The molecule has 2 heteroatoms. The molecule has 17 heavy (non-hydrogen) atoms. The van der Waals surface area contributed by atoms with Gasteiger partial charge in [-0.1, -0.05) is 24.6 Å². The van der Waals surface area contributed by atoms with Gasteiger partial charge in [0.05, 0.1) is 19.8 Å². The Balaban J connectivity index is 1.67. The first-order valence-corrected chi connectivity index (χ1v) is 6.51. The Morgan fingerprint density at radius 3 is 2.47 bits per heavy atom. The third-order valence-corrected chi connectivity index (χ3v) is 3.71. The first-order chi connectivity index (χ1) is 8.24. The summed E-state index contributed by atoms with van der Waals surface area (Å²) >= 11 is 0. The van der Waals surface area contributed by atoms with Crippen LogP contribution in [0, 0.1) is 12.3 Å². The standard InChI is InChI=1S/C15H22O2/c1-3-15(11-16-12-15)9-4-10-17-14-7-5-13(2)6-8-14/h5-8H,3-4,9-12H2,1-2H3. The molecule has 1 aliphatic rings. The molecule has 2 rings (SSSR count). The van der Waals surface area contributed by atoms with Crippen molar-refractivity contribution in [2.45, 2.75) is 33.1 Å². The van der Waals surface area contributed by atoms with Crippen LogP contribution in [0.4, 0.5) is 0 Å². The maximum Gasteiger partial charge on any atom is 0.119 e. The maximum absolute atomic E-state index is 5.73. The van der Waals surface area contributed by atoms with Gasteiger partial charge in [0.15, 0.2) is 0 Å². The fourth-order valence-electron chi connectivity index (χ4n) is 2.19. The zero-order valence-corrected chi connectivity index (χ0v) is 10.9. The Morgan fingerprint density at radius 2 is 1.94 bits per heavy atom. The Labute approximate surface area is 104 Å². The van der Waals surface area contributed by atoms with Crippen molar-refractivity contribution in [3.05, 3.63) is 29.8 Å². The number of aryl methyl sites for hydroxylation is 1. The van der Waals surface area contributed by atoms with Crippen LogP contribution in [0.1, 0.15) is 31.7 Å². The molecule has 0 amide bonds. The minimum absolute atomic E-state index is 0.455. The van der Waals surface area contributed by atoms with Gasteiger partial charge in [-0.3, -0.25) is 0 Å². The summed E-state index contributed by atoms with van der Waals surface area (Å²) in [6.07, 6.45) is 3.55. The van der Waals surface area contributed by atoms with Crippen LogP contribution >= 0.6 is 0 Å². The van der Waals surface area contributed by atoms with Gasteiger partial charge in [0.1, 0.15) is 5.75 Å². The number of benzene rings is 1. The average Bonchev–Trinajstić information content (AvgIpc) is 2.30. The monoisotopic (exact) mass is 234 g/mol. The first kappa shape index (κ1) is 12.4. The molecule has 0 N–H and O–H groups in total. The number of ether oxygens (including phenoxy) is 2. The molecule has 0 unspecified atom stereocenters. The molecule has 1 aliphatic heterocycles. The molecule has 0 spiro atoms. The van der Waals surface area contributed by atoms with E-state index >= 15 is 0 Å². The third kappa shape index (κ3) is 3.22. The normalized spacial score (nSPS) is 17.5. The number of hydrogen-bond acceptors (Lipinski definition) is 2. The van der Waals surface area contributed by atoms with Crippen LogP contribution in [0.5, 0.6) is 5.75 Å². The van der Waals surface area contributed by atoms with Gasteiger partial charge in [0.2, 0.25) is 0 Å². The summed E-state index contributed by atoms with van der Waals surface area (Å²) < 4.78 is 11.0. The van der Waals surface area contributed by atoms with E-state index in [4.69, 9.17) is 9.47 Å². The Hall–Kier alpha value is -1.02. The van der Waals surface area contributed by atoms with E-state index in [9.17, 15) is 0 Å². The second kappa shape index (κ2) is 5.54. The Bertz CT molecular complexity index is 333. The van der Waals surface area contributed by atoms with Gasteiger partial charge < -0.3 is 9.47 Å². The summed E-state index contributed by atoms with van der Waals surface area (Å²) in [5.74, 6) is 0.978. The molecule has 0 saturated carbocycles. The summed E-state index contributed by atoms with van der Waals surface area (Å²) in [5.41, 5.74) is 1.73. The fourth-order valence-corrected chi connectivity index (χ4v) is 2.19. The van der Waals surface area contributed by atoms with Crippen LogP contribution in [-0.2, 0) is 4.74 Å². The minimum atomic E-state index is 0.455. The molecular formula is C15H22O2. The van der Waals surface area contributed by atoms with E-state index in [0.29, 0.717) is 5.41 Å². The average molecular weight is 234 g/mol. The molecule has 1 heterocycles. The van der Waals surface area contributed by atoms with Crippen molar-refractivity contribution in [2.24, 2.45) is 5.41 Å². The zero-order valence-electron chi connectivity index (χ0n) is 10.9. The maximum atomic E-state index is 5.73. The summed E-state index contributed by atoms with van der Waals surface area (Å²) in [5, 5.41) is 0. The Morgan fingerprint density at radius 1 is 1.24 bits per heavy atom. The van der Waals surface area contributed by atoms with E-state index in [2.05, 4.69) is 26.0 Å². The molecule has 1 fully saturated rings. The topological polar surface area (TPSA) is 18.5 Å². The molecular weight excluding hydrogens is 212 g/mol. The first-order valence-electron chi connectivity index (χ1n) is 6.51. The van der Waals surface area contributed by atoms with Gasteiger partial charge in [-0.2, -0.15) is 0 Å². The lowest BCUT2D eigenvalue weighted by atomic mass is 9.79. The van der Waals surface area contributed by atoms with Crippen LogP contribution in [0.25, 0.3) is 0 Å². The van der Waals surface area contributed by atoms with Crippen molar-refractivity contribution in [2.75, 3.05) is 19.8 Å². The molecule has 1 aromatic carbocycles. The smallest absolute Gasteiger partial charge is 0.119 e. The predicted octanol–water partition coefficient (Wildman–Crippen LogP) is 3.58. The minimum Gasteiger partial charge on any atom is -0.494 e. The summed E-state index contributed by atoms with van der Waals surface area (Å²) in [4.78, 5) is 0. The third-order valence-electron chi connectivity index (χ3n) is 3.71. The van der Waals surface area contributed by atoms with Crippen molar-refractivity contribution < 1.29 is 9.47 Å². The highest BCUT2D eigenvalue weighted by Gasteiger charge is 2.35. The van der Waals surface area contributed by atoms with E-state index in [1.807, 2.05) is 12.1 Å². The van der Waals surface area contributed by atoms with Crippen LogP contribution in [0.2, 0.25) is 0 Å². The quantitative estimate of drug-likeness (QED) is 0.700. The van der Waals surface area contributed by atoms with Crippen molar-refractivity contribution in [1.29, 1.82) is 0 Å². The largest absolute Gasteiger partial charge is 0.494 e. The highest BCUT2D eigenvalue weighted by Crippen LogP contribution is 2.35. The van der Waals surface area contributed by atoms with E-state index in [1.165, 1.54) is 18.4 Å². The highest BCUT2D eigenvalue weighted by atomic mass is 16.5. The lowest BCUT2D eigenvalue weighted by molar-refractivity contribution is -0.120. The van der Waals surface area contributed by atoms with Crippen molar-refractivity contribution in [3.8, 4) is 5.75 Å². The van der Waals surface area contributed by atoms with Crippen LogP contribution in [-0.4, -0.2) is 19.8 Å². The summed E-state index contributed by atoms with van der Waals surface area (Å²) in [7, 11) is 0. The predicted molar refractivity (Wildman–Crippen MR) is 69.5 cm³/mol.